The number of allylic oxidation sites excluding steroid dienone is 10. The molecule has 0 rings (SSSR count). The van der Waals surface area contributed by atoms with Crippen molar-refractivity contribution in [2.75, 3.05) is 26.4 Å². The molecule has 0 amide bonds. The van der Waals surface area contributed by atoms with E-state index in [1.54, 1.807) is 0 Å². The van der Waals surface area contributed by atoms with Crippen LogP contribution in [0.3, 0.4) is 0 Å². The number of nitrogens with two attached hydrogens (primary N) is 1. The van der Waals surface area contributed by atoms with E-state index in [4.69, 9.17) is 24.3 Å². The minimum atomic E-state index is -4.39. The Bertz CT molecular complexity index is 1460. The van der Waals surface area contributed by atoms with Gasteiger partial charge in [-0.3, -0.25) is 18.6 Å². The zero-order valence-electron chi connectivity index (χ0n) is 51.2. The molecule has 0 aliphatic carbocycles. The lowest BCUT2D eigenvalue weighted by molar-refractivity contribution is -0.161. The van der Waals surface area contributed by atoms with Crippen LogP contribution in [0.2, 0.25) is 0 Å². The van der Waals surface area contributed by atoms with Crippen LogP contribution >= 0.6 is 7.82 Å². The Morgan fingerprint density at radius 1 is 0.397 bits per heavy atom. The molecule has 0 bridgehead atoms. The second kappa shape index (κ2) is 63.9. The molecule has 78 heavy (non-hydrogen) atoms. The van der Waals surface area contributed by atoms with Crippen LogP contribution in [0.1, 0.15) is 328 Å². The van der Waals surface area contributed by atoms with Gasteiger partial charge in [0, 0.05) is 19.4 Å². The normalized spacial score (nSPS) is 13.3. The second-order valence-corrected chi connectivity index (χ2v) is 23.8. The molecule has 456 valence electrons. The van der Waals surface area contributed by atoms with Gasteiger partial charge in [0.2, 0.25) is 0 Å². The molecular weight excluding hydrogens is 990 g/mol. The summed E-state index contributed by atoms with van der Waals surface area (Å²) in [4.78, 5) is 35.2. The number of esters is 2. The molecule has 3 N–H and O–H groups in total. The minimum Gasteiger partial charge on any atom is -0.462 e. The predicted molar refractivity (Wildman–Crippen MR) is 335 cm³/mol. The minimum absolute atomic E-state index is 0.0541. The maximum Gasteiger partial charge on any atom is 0.472 e. The molecule has 0 heterocycles. The molecule has 2 unspecified atom stereocenters. The fraction of sp³-hybridized carbons (Fsp3) is 0.824. The van der Waals surface area contributed by atoms with Gasteiger partial charge in [-0.15, -0.1) is 0 Å². The third-order valence-electron chi connectivity index (χ3n) is 14.6. The summed E-state index contributed by atoms with van der Waals surface area (Å²) in [6, 6.07) is 0. The van der Waals surface area contributed by atoms with E-state index in [0.29, 0.717) is 6.42 Å². The number of hydrogen-bond acceptors (Lipinski definition) is 8. The van der Waals surface area contributed by atoms with Gasteiger partial charge < -0.3 is 20.1 Å². The number of phosphoric ester groups is 1. The lowest BCUT2D eigenvalue weighted by Crippen LogP contribution is -2.29. The van der Waals surface area contributed by atoms with Gasteiger partial charge in [-0.1, -0.05) is 299 Å². The smallest absolute Gasteiger partial charge is 0.462 e. The van der Waals surface area contributed by atoms with Crippen LogP contribution in [0.5, 0.6) is 0 Å². The SMILES string of the molecule is CC/C=C\C/C=C\C/C=C\C/C=C\CCCCCCCCCCCCCCCCCCCCCCCCCCCCC(=O)OC(COC(=O)CCCCCCCCC/C=C\CCCCCCCCC)COP(=O)(O)OCCN. The Kier molecular flexibility index (Phi) is 62.0. The molecule has 0 radical (unpaired) electrons. The lowest BCUT2D eigenvalue weighted by atomic mass is 10.0. The first kappa shape index (κ1) is 75.7. The quantitative estimate of drug-likeness (QED) is 0.0264. The van der Waals surface area contributed by atoms with Gasteiger partial charge in [-0.25, -0.2) is 4.57 Å². The van der Waals surface area contributed by atoms with Crippen LogP contribution in [0.25, 0.3) is 0 Å². The van der Waals surface area contributed by atoms with Crippen molar-refractivity contribution in [3.63, 3.8) is 0 Å². The Balaban J connectivity index is 3.77. The molecule has 2 atom stereocenters. The van der Waals surface area contributed by atoms with Gasteiger partial charge in [0.1, 0.15) is 6.61 Å². The van der Waals surface area contributed by atoms with Crippen molar-refractivity contribution in [1.29, 1.82) is 0 Å². The summed E-state index contributed by atoms with van der Waals surface area (Å²) in [5.41, 5.74) is 5.39. The summed E-state index contributed by atoms with van der Waals surface area (Å²) in [5.74, 6) is -0.817. The maximum atomic E-state index is 12.7. The molecular formula is C68H126NO8P. The van der Waals surface area contributed by atoms with Crippen LogP contribution in [0.15, 0.2) is 60.8 Å². The second-order valence-electron chi connectivity index (χ2n) is 22.3. The summed E-state index contributed by atoms with van der Waals surface area (Å²) in [6.45, 7) is 3.67. The van der Waals surface area contributed by atoms with E-state index < -0.39 is 26.5 Å². The van der Waals surface area contributed by atoms with Crippen LogP contribution < -0.4 is 5.73 Å². The highest BCUT2D eigenvalue weighted by atomic mass is 31.2. The van der Waals surface area contributed by atoms with Crippen LogP contribution in [-0.4, -0.2) is 49.3 Å². The zero-order valence-corrected chi connectivity index (χ0v) is 52.1. The van der Waals surface area contributed by atoms with Gasteiger partial charge >= 0.3 is 19.8 Å². The fourth-order valence-electron chi connectivity index (χ4n) is 9.74. The van der Waals surface area contributed by atoms with Gasteiger partial charge in [0.15, 0.2) is 6.10 Å². The largest absolute Gasteiger partial charge is 0.472 e. The average molecular weight is 1120 g/mol. The standard InChI is InChI=1S/C68H126NO8P/c1-3-5-7-9-11-13-15-17-19-21-23-24-25-26-27-28-29-30-31-32-33-34-35-36-37-38-39-40-41-42-43-45-47-49-51-53-55-57-59-61-68(71)77-66(65-76-78(72,73)75-63-62-69)64-74-67(70)60-58-56-54-52-50-48-46-44-22-20-18-16-14-12-10-8-6-4-2/h5,7,11,13,17,19-20,22-24,66H,3-4,6,8-10,12,14-16,18,21,25-65,69H2,1-2H3,(H,72,73)/b7-5-,13-11-,19-17-,22-20-,24-23-. The average Bonchev–Trinajstić information content (AvgIpc) is 3.43. The van der Waals surface area contributed by atoms with E-state index in [-0.39, 0.29) is 38.6 Å². The van der Waals surface area contributed by atoms with Crippen LogP contribution in [-0.2, 0) is 32.7 Å². The summed E-state index contributed by atoms with van der Waals surface area (Å²) < 4.78 is 33.1. The summed E-state index contributed by atoms with van der Waals surface area (Å²) >= 11 is 0. The highest BCUT2D eigenvalue weighted by Gasteiger charge is 2.26. The number of unbranched alkanes of at least 4 members (excludes halogenated alkanes) is 40. The molecule has 10 heteroatoms. The van der Waals surface area contributed by atoms with Gasteiger partial charge in [0.25, 0.3) is 0 Å². The maximum absolute atomic E-state index is 12.7. The molecule has 0 aliphatic heterocycles. The molecule has 0 aromatic rings. The fourth-order valence-corrected chi connectivity index (χ4v) is 10.5. The molecule has 9 nitrogen and oxygen atoms in total. The van der Waals surface area contributed by atoms with E-state index in [1.165, 1.54) is 231 Å². The highest BCUT2D eigenvalue weighted by molar-refractivity contribution is 7.47. The van der Waals surface area contributed by atoms with E-state index in [9.17, 15) is 19.0 Å². The topological polar surface area (TPSA) is 134 Å². The predicted octanol–water partition coefficient (Wildman–Crippen LogP) is 21.5. The Morgan fingerprint density at radius 2 is 0.705 bits per heavy atom. The number of carbonyl (C=O) groups excluding carboxylic acids is 2. The summed E-state index contributed by atoms with van der Waals surface area (Å²) in [5, 5.41) is 0. The monoisotopic (exact) mass is 1120 g/mol. The molecule has 0 aliphatic rings. The first-order valence-electron chi connectivity index (χ1n) is 33.3. The third kappa shape index (κ3) is 62.9. The van der Waals surface area contributed by atoms with Crippen LogP contribution in [0, 0.1) is 0 Å². The van der Waals surface area contributed by atoms with E-state index in [1.807, 2.05) is 0 Å². The Labute approximate surface area is 482 Å². The van der Waals surface area contributed by atoms with Crippen molar-refractivity contribution in [3.05, 3.63) is 60.8 Å². The van der Waals surface area contributed by atoms with Gasteiger partial charge in [-0.05, 0) is 77.0 Å². The third-order valence-corrected chi connectivity index (χ3v) is 15.6. The van der Waals surface area contributed by atoms with E-state index in [2.05, 4.69) is 74.6 Å². The molecule has 0 aromatic heterocycles. The van der Waals surface area contributed by atoms with Gasteiger partial charge in [-0.2, -0.15) is 0 Å². The van der Waals surface area contributed by atoms with Crippen molar-refractivity contribution in [3.8, 4) is 0 Å². The molecule has 0 aromatic carbocycles. The molecule has 0 fully saturated rings. The van der Waals surface area contributed by atoms with Crippen molar-refractivity contribution in [2.24, 2.45) is 5.73 Å². The van der Waals surface area contributed by atoms with Gasteiger partial charge in [0.05, 0.1) is 13.2 Å². The van der Waals surface area contributed by atoms with E-state index >= 15 is 0 Å². The number of phosphoric acid groups is 1. The molecule has 0 saturated heterocycles. The van der Waals surface area contributed by atoms with Crippen LogP contribution in [0.4, 0.5) is 0 Å². The number of carbonyl (C=O) groups is 2. The summed E-state index contributed by atoms with van der Waals surface area (Å²) in [7, 11) is -4.39. The first-order valence-corrected chi connectivity index (χ1v) is 34.8. The molecule has 0 saturated carbocycles. The van der Waals surface area contributed by atoms with Crippen molar-refractivity contribution in [2.45, 2.75) is 335 Å². The Morgan fingerprint density at radius 3 is 1.06 bits per heavy atom. The number of ether oxygens (including phenoxy) is 2. The zero-order chi connectivity index (χ0) is 56.6. The summed E-state index contributed by atoms with van der Waals surface area (Å²) in [6.07, 6.45) is 81.8. The molecule has 0 spiro atoms. The van der Waals surface area contributed by atoms with Crippen molar-refractivity contribution < 1.29 is 37.6 Å². The highest BCUT2D eigenvalue weighted by Crippen LogP contribution is 2.43. The Hall–Kier alpha value is -2.29. The number of rotatable bonds is 63. The van der Waals surface area contributed by atoms with Crippen molar-refractivity contribution in [1.82, 2.24) is 0 Å². The van der Waals surface area contributed by atoms with E-state index in [0.717, 1.165) is 64.2 Å². The first-order chi connectivity index (χ1) is 38.3. The lowest BCUT2D eigenvalue weighted by Gasteiger charge is -2.19. The van der Waals surface area contributed by atoms with Crippen molar-refractivity contribution >= 4 is 19.8 Å². The number of hydrogen-bond donors (Lipinski definition) is 2.